The van der Waals surface area contributed by atoms with Crippen LogP contribution < -0.4 is 10.0 Å². The molecule has 0 aliphatic heterocycles. The minimum atomic E-state index is -3.55. The van der Waals surface area contributed by atoms with Crippen molar-refractivity contribution in [1.82, 2.24) is 0 Å². The largest absolute Gasteiger partial charge is 0.452 e. The van der Waals surface area contributed by atoms with Crippen LogP contribution in [0.5, 0.6) is 0 Å². The molecule has 0 unspecified atom stereocenters. The summed E-state index contributed by atoms with van der Waals surface area (Å²) in [6, 6.07) is 13.5. The molecule has 0 spiro atoms. The zero-order chi connectivity index (χ0) is 20.6. The monoisotopic (exact) mass is 404 g/mol. The van der Waals surface area contributed by atoms with Gasteiger partial charge in [-0.25, -0.2) is 13.2 Å². The van der Waals surface area contributed by atoms with Gasteiger partial charge in [0.15, 0.2) is 6.61 Å². The van der Waals surface area contributed by atoms with Crippen LogP contribution in [-0.2, 0) is 26.0 Å². The molecule has 28 heavy (non-hydrogen) atoms. The van der Waals surface area contributed by atoms with Crippen LogP contribution in [0.1, 0.15) is 35.7 Å². The fourth-order valence-corrected chi connectivity index (χ4v) is 3.07. The molecule has 0 aliphatic carbocycles. The van der Waals surface area contributed by atoms with Gasteiger partial charge in [-0.2, -0.15) is 0 Å². The zero-order valence-electron chi connectivity index (χ0n) is 15.9. The summed E-state index contributed by atoms with van der Waals surface area (Å²) >= 11 is 0. The van der Waals surface area contributed by atoms with E-state index in [0.717, 1.165) is 25.5 Å². The number of anilines is 2. The smallest absolute Gasteiger partial charge is 0.340 e. The average molecular weight is 404 g/mol. The van der Waals surface area contributed by atoms with Gasteiger partial charge in [-0.15, -0.1) is 0 Å². The molecular formula is C20H24N2O5S. The van der Waals surface area contributed by atoms with Gasteiger partial charge >= 0.3 is 5.97 Å². The molecular weight excluding hydrogens is 380 g/mol. The van der Waals surface area contributed by atoms with Gasteiger partial charge < -0.3 is 10.1 Å². The van der Waals surface area contributed by atoms with E-state index in [-0.39, 0.29) is 11.3 Å². The molecule has 0 saturated carbocycles. The summed E-state index contributed by atoms with van der Waals surface area (Å²) in [6.07, 6.45) is 4.20. The number of hydrogen-bond donors (Lipinski definition) is 2. The van der Waals surface area contributed by atoms with Gasteiger partial charge in [0, 0.05) is 5.69 Å². The fraction of sp³-hybridized carbons (Fsp3) is 0.300. The Morgan fingerprint density at radius 1 is 1.04 bits per heavy atom. The SMILES string of the molecule is CCCCc1ccc(NC(=O)COC(=O)c2ccccc2NS(C)(=O)=O)cc1. The number of amides is 1. The Morgan fingerprint density at radius 3 is 2.36 bits per heavy atom. The molecule has 0 heterocycles. The minimum absolute atomic E-state index is 0.0287. The van der Waals surface area contributed by atoms with E-state index in [1.54, 1.807) is 24.3 Å². The van der Waals surface area contributed by atoms with E-state index in [0.29, 0.717) is 5.69 Å². The molecule has 8 heteroatoms. The first-order valence-electron chi connectivity index (χ1n) is 8.91. The van der Waals surface area contributed by atoms with Gasteiger partial charge in [-0.05, 0) is 42.7 Å². The molecule has 2 rings (SSSR count). The average Bonchev–Trinajstić information content (AvgIpc) is 2.65. The third-order valence-corrected chi connectivity index (χ3v) is 4.42. The van der Waals surface area contributed by atoms with Crippen molar-refractivity contribution in [2.45, 2.75) is 26.2 Å². The van der Waals surface area contributed by atoms with Crippen LogP contribution in [0.3, 0.4) is 0 Å². The highest BCUT2D eigenvalue weighted by Crippen LogP contribution is 2.17. The highest BCUT2D eigenvalue weighted by molar-refractivity contribution is 7.92. The summed E-state index contributed by atoms with van der Waals surface area (Å²) in [7, 11) is -3.55. The maximum atomic E-state index is 12.2. The predicted octanol–water partition coefficient (Wildman–Crippen LogP) is 3.20. The standard InChI is InChI=1S/C20H24N2O5S/c1-3-4-7-15-10-12-16(13-11-15)21-19(23)14-27-20(24)17-8-5-6-9-18(17)22-28(2,25)26/h5-6,8-13,22H,3-4,7,14H2,1-2H3,(H,21,23). The Morgan fingerprint density at radius 2 is 1.71 bits per heavy atom. The lowest BCUT2D eigenvalue weighted by Gasteiger charge is -2.11. The summed E-state index contributed by atoms with van der Waals surface area (Å²) in [4.78, 5) is 24.2. The second kappa shape index (κ2) is 9.89. The van der Waals surface area contributed by atoms with Gasteiger partial charge in [0.25, 0.3) is 5.91 Å². The lowest BCUT2D eigenvalue weighted by Crippen LogP contribution is -2.22. The lowest BCUT2D eigenvalue weighted by molar-refractivity contribution is -0.119. The van der Waals surface area contributed by atoms with Crippen LogP contribution in [0.4, 0.5) is 11.4 Å². The third kappa shape index (κ3) is 7.03. The van der Waals surface area contributed by atoms with Crippen LogP contribution in [0, 0.1) is 0 Å². The number of rotatable bonds is 9. The number of sulfonamides is 1. The van der Waals surface area contributed by atoms with Crippen molar-refractivity contribution >= 4 is 33.3 Å². The molecule has 7 nitrogen and oxygen atoms in total. The molecule has 0 bridgehead atoms. The van der Waals surface area contributed by atoms with Crippen LogP contribution >= 0.6 is 0 Å². The van der Waals surface area contributed by atoms with Crippen molar-refractivity contribution in [3.63, 3.8) is 0 Å². The van der Waals surface area contributed by atoms with Crippen LogP contribution in [-0.4, -0.2) is 33.2 Å². The van der Waals surface area contributed by atoms with Gasteiger partial charge in [-0.3, -0.25) is 9.52 Å². The predicted molar refractivity (Wildman–Crippen MR) is 109 cm³/mol. The Balaban J connectivity index is 1.91. The molecule has 0 aromatic heterocycles. The van der Waals surface area contributed by atoms with E-state index < -0.39 is 28.5 Å². The number of nitrogens with one attached hydrogen (secondary N) is 2. The third-order valence-electron chi connectivity index (χ3n) is 3.83. The van der Waals surface area contributed by atoms with E-state index in [1.807, 2.05) is 12.1 Å². The quantitative estimate of drug-likeness (QED) is 0.625. The molecule has 0 saturated heterocycles. The maximum Gasteiger partial charge on any atom is 0.340 e. The number of ether oxygens (including phenoxy) is 1. The van der Waals surface area contributed by atoms with Crippen molar-refractivity contribution < 1.29 is 22.7 Å². The van der Waals surface area contributed by atoms with Crippen molar-refractivity contribution in [1.29, 1.82) is 0 Å². The number of aryl methyl sites for hydroxylation is 1. The number of para-hydroxylation sites is 1. The fourth-order valence-electron chi connectivity index (χ4n) is 2.49. The Bertz CT molecular complexity index is 924. The van der Waals surface area contributed by atoms with E-state index in [2.05, 4.69) is 17.0 Å². The van der Waals surface area contributed by atoms with Crippen molar-refractivity contribution in [3.8, 4) is 0 Å². The van der Waals surface area contributed by atoms with Crippen LogP contribution in [0.15, 0.2) is 48.5 Å². The molecule has 150 valence electrons. The Labute approximate surface area is 165 Å². The molecule has 1 amide bonds. The first-order valence-corrected chi connectivity index (χ1v) is 10.8. The Kier molecular flexibility index (Phi) is 7.57. The van der Waals surface area contributed by atoms with E-state index in [1.165, 1.54) is 17.7 Å². The first kappa shape index (κ1) is 21.4. The van der Waals surface area contributed by atoms with E-state index in [9.17, 15) is 18.0 Å². The van der Waals surface area contributed by atoms with Gasteiger partial charge in [0.2, 0.25) is 10.0 Å². The molecule has 0 atom stereocenters. The van der Waals surface area contributed by atoms with Crippen molar-refractivity contribution in [2.24, 2.45) is 0 Å². The van der Waals surface area contributed by atoms with Crippen LogP contribution in [0.25, 0.3) is 0 Å². The highest BCUT2D eigenvalue weighted by atomic mass is 32.2. The molecule has 0 radical (unpaired) electrons. The normalized spacial score (nSPS) is 10.9. The zero-order valence-corrected chi connectivity index (χ0v) is 16.7. The van der Waals surface area contributed by atoms with Crippen molar-refractivity contribution in [3.05, 3.63) is 59.7 Å². The summed E-state index contributed by atoms with van der Waals surface area (Å²) in [5.74, 6) is -1.28. The maximum absolute atomic E-state index is 12.2. The minimum Gasteiger partial charge on any atom is -0.452 e. The molecule has 2 N–H and O–H groups in total. The number of unbranched alkanes of at least 4 members (excludes halogenated alkanes) is 1. The van der Waals surface area contributed by atoms with Gasteiger partial charge in [-0.1, -0.05) is 37.6 Å². The number of esters is 1. The molecule has 0 fully saturated rings. The Hall–Kier alpha value is -2.87. The van der Waals surface area contributed by atoms with Crippen molar-refractivity contribution in [2.75, 3.05) is 22.9 Å². The van der Waals surface area contributed by atoms with Gasteiger partial charge in [0.1, 0.15) is 0 Å². The molecule has 2 aromatic rings. The van der Waals surface area contributed by atoms with Crippen LogP contribution in [0.2, 0.25) is 0 Å². The summed E-state index contributed by atoms with van der Waals surface area (Å²) in [6.45, 7) is 1.65. The number of carbonyl (C=O) groups excluding carboxylic acids is 2. The second-order valence-electron chi connectivity index (χ2n) is 6.34. The summed E-state index contributed by atoms with van der Waals surface area (Å²) in [5, 5.41) is 2.66. The number of hydrogen-bond acceptors (Lipinski definition) is 5. The number of carbonyl (C=O) groups is 2. The molecule has 2 aromatic carbocycles. The lowest BCUT2D eigenvalue weighted by atomic mass is 10.1. The highest BCUT2D eigenvalue weighted by Gasteiger charge is 2.16. The second-order valence-corrected chi connectivity index (χ2v) is 8.09. The van der Waals surface area contributed by atoms with E-state index in [4.69, 9.17) is 4.74 Å². The first-order chi connectivity index (χ1) is 13.3. The molecule has 0 aliphatic rings. The van der Waals surface area contributed by atoms with Gasteiger partial charge in [0.05, 0.1) is 17.5 Å². The summed E-state index contributed by atoms with van der Waals surface area (Å²) < 4.78 is 30.1. The summed E-state index contributed by atoms with van der Waals surface area (Å²) in [5.41, 5.74) is 1.93. The number of benzene rings is 2. The topological polar surface area (TPSA) is 102 Å². The van der Waals surface area contributed by atoms with E-state index >= 15 is 0 Å².